The summed E-state index contributed by atoms with van der Waals surface area (Å²) in [5, 5.41) is 2.82. The van der Waals surface area contributed by atoms with Crippen molar-refractivity contribution in [1.29, 1.82) is 0 Å². The third-order valence-electron chi connectivity index (χ3n) is 4.56. The number of esters is 1. The van der Waals surface area contributed by atoms with Crippen molar-refractivity contribution in [2.24, 2.45) is 5.73 Å². The summed E-state index contributed by atoms with van der Waals surface area (Å²) in [6.45, 7) is 0.712. The third kappa shape index (κ3) is 5.93. The highest BCUT2D eigenvalue weighted by molar-refractivity contribution is 5.98. The van der Waals surface area contributed by atoms with Crippen LogP contribution in [-0.4, -0.2) is 37.7 Å². The number of anilines is 1. The van der Waals surface area contributed by atoms with Gasteiger partial charge in [0.1, 0.15) is 18.5 Å². The van der Waals surface area contributed by atoms with E-state index in [1.54, 1.807) is 18.2 Å². The van der Waals surface area contributed by atoms with Gasteiger partial charge in [-0.1, -0.05) is 30.3 Å². The molecule has 0 bridgehead atoms. The highest BCUT2D eigenvalue weighted by atomic mass is 35.5. The average Bonchev–Trinajstić information content (AvgIpc) is 3.22. The standard InChI is InChI=1S/C21H24N2O5.ClH/c1-26-21(25)15-7-9-18(27-13-14-5-3-2-4-6-14)17(11-15)23-20(24)19-10-8-16(12-22)28-19;/h2-7,9,11,16,19H,8,10,12-13,22H2,1H3,(H,23,24);1H/t16-,19+;/m1./s1. The van der Waals surface area contributed by atoms with Crippen LogP contribution in [-0.2, 0) is 20.9 Å². The lowest BCUT2D eigenvalue weighted by atomic mass is 10.1. The number of ether oxygens (including phenoxy) is 3. The Hall–Kier alpha value is -2.61. The molecule has 0 aromatic heterocycles. The molecule has 8 heteroatoms. The molecule has 0 spiro atoms. The number of hydrogen-bond donors (Lipinski definition) is 2. The Morgan fingerprint density at radius 3 is 2.59 bits per heavy atom. The molecule has 1 fully saturated rings. The topological polar surface area (TPSA) is 99.9 Å². The molecule has 29 heavy (non-hydrogen) atoms. The zero-order valence-corrected chi connectivity index (χ0v) is 16.9. The molecule has 2 atom stereocenters. The maximum absolute atomic E-state index is 12.6. The number of nitrogens with one attached hydrogen (secondary N) is 1. The van der Waals surface area contributed by atoms with Crippen molar-refractivity contribution in [3.8, 4) is 5.75 Å². The SMILES string of the molecule is COC(=O)c1ccc(OCc2ccccc2)c(NC(=O)[C@@H]2CC[C@H](CN)O2)c1.Cl. The van der Waals surface area contributed by atoms with Crippen LogP contribution in [0, 0.1) is 0 Å². The fourth-order valence-corrected chi connectivity index (χ4v) is 3.02. The number of hydrogen-bond acceptors (Lipinski definition) is 6. The van der Waals surface area contributed by atoms with Crippen molar-refractivity contribution in [2.45, 2.75) is 31.7 Å². The molecule has 156 valence electrons. The van der Waals surface area contributed by atoms with E-state index in [9.17, 15) is 9.59 Å². The summed E-state index contributed by atoms with van der Waals surface area (Å²) in [5.74, 6) is -0.328. The van der Waals surface area contributed by atoms with Gasteiger partial charge in [0.2, 0.25) is 0 Å². The van der Waals surface area contributed by atoms with Gasteiger partial charge in [-0.2, -0.15) is 0 Å². The van der Waals surface area contributed by atoms with Crippen molar-refractivity contribution in [1.82, 2.24) is 0 Å². The van der Waals surface area contributed by atoms with Gasteiger partial charge in [0.15, 0.2) is 0 Å². The van der Waals surface area contributed by atoms with Gasteiger partial charge in [-0.3, -0.25) is 4.79 Å². The lowest BCUT2D eigenvalue weighted by Gasteiger charge is -2.16. The Kier molecular flexibility index (Phi) is 8.45. The molecular weight excluding hydrogens is 396 g/mol. The zero-order chi connectivity index (χ0) is 19.9. The first-order valence-corrected chi connectivity index (χ1v) is 9.16. The summed E-state index contributed by atoms with van der Waals surface area (Å²) >= 11 is 0. The second-order valence-electron chi connectivity index (χ2n) is 6.53. The van der Waals surface area contributed by atoms with E-state index in [2.05, 4.69) is 5.32 Å². The Morgan fingerprint density at radius 1 is 1.17 bits per heavy atom. The Morgan fingerprint density at radius 2 is 1.93 bits per heavy atom. The number of methoxy groups -OCH3 is 1. The van der Waals surface area contributed by atoms with Crippen LogP contribution in [0.1, 0.15) is 28.8 Å². The van der Waals surface area contributed by atoms with E-state index in [0.717, 1.165) is 12.0 Å². The zero-order valence-electron chi connectivity index (χ0n) is 16.1. The van der Waals surface area contributed by atoms with Crippen LogP contribution in [0.5, 0.6) is 5.75 Å². The van der Waals surface area contributed by atoms with Crippen LogP contribution in [0.2, 0.25) is 0 Å². The van der Waals surface area contributed by atoms with Gasteiger partial charge in [-0.05, 0) is 36.6 Å². The molecule has 7 nitrogen and oxygen atoms in total. The molecule has 2 aromatic rings. The summed E-state index contributed by atoms with van der Waals surface area (Å²) in [7, 11) is 1.31. The molecule has 3 N–H and O–H groups in total. The van der Waals surface area contributed by atoms with Crippen molar-refractivity contribution in [2.75, 3.05) is 19.0 Å². The predicted octanol–water partition coefficient (Wildman–Crippen LogP) is 2.92. The molecule has 2 aromatic carbocycles. The minimum absolute atomic E-state index is 0. The lowest BCUT2D eigenvalue weighted by Crippen LogP contribution is -2.30. The van der Waals surface area contributed by atoms with Crippen LogP contribution in [0.15, 0.2) is 48.5 Å². The fraction of sp³-hybridized carbons (Fsp3) is 0.333. The van der Waals surface area contributed by atoms with E-state index < -0.39 is 12.1 Å². The molecule has 0 radical (unpaired) electrons. The minimum atomic E-state index is -0.572. The smallest absolute Gasteiger partial charge is 0.337 e. The quantitative estimate of drug-likeness (QED) is 0.668. The molecule has 0 unspecified atom stereocenters. The van der Waals surface area contributed by atoms with Gasteiger partial charge in [0.05, 0.1) is 24.5 Å². The van der Waals surface area contributed by atoms with E-state index in [-0.39, 0.29) is 24.4 Å². The summed E-state index contributed by atoms with van der Waals surface area (Å²) in [5.41, 5.74) is 7.30. The molecule has 0 aliphatic carbocycles. The number of halogens is 1. The number of amides is 1. The van der Waals surface area contributed by atoms with E-state index in [4.69, 9.17) is 19.9 Å². The maximum atomic E-state index is 12.6. The summed E-state index contributed by atoms with van der Waals surface area (Å²) in [4.78, 5) is 24.5. The average molecular weight is 421 g/mol. The second kappa shape index (κ2) is 10.8. The van der Waals surface area contributed by atoms with Crippen molar-refractivity contribution in [3.05, 3.63) is 59.7 Å². The number of benzene rings is 2. The van der Waals surface area contributed by atoms with Gasteiger partial charge < -0.3 is 25.3 Å². The number of nitrogens with two attached hydrogens (primary N) is 1. The highest BCUT2D eigenvalue weighted by Crippen LogP contribution is 2.29. The molecular formula is C21H25ClN2O5. The first-order valence-electron chi connectivity index (χ1n) is 9.16. The van der Waals surface area contributed by atoms with Gasteiger partial charge in [-0.25, -0.2) is 4.79 Å². The fourth-order valence-electron chi connectivity index (χ4n) is 3.02. The van der Waals surface area contributed by atoms with Crippen LogP contribution >= 0.6 is 12.4 Å². The van der Waals surface area contributed by atoms with Gasteiger partial charge in [0, 0.05) is 6.54 Å². The second-order valence-corrected chi connectivity index (χ2v) is 6.53. The van der Waals surface area contributed by atoms with Crippen LogP contribution < -0.4 is 15.8 Å². The van der Waals surface area contributed by atoms with Crippen LogP contribution in [0.3, 0.4) is 0 Å². The first kappa shape index (κ1) is 22.7. The minimum Gasteiger partial charge on any atom is -0.487 e. The summed E-state index contributed by atoms with van der Waals surface area (Å²) in [6.07, 6.45) is 0.668. The maximum Gasteiger partial charge on any atom is 0.337 e. The number of rotatable bonds is 7. The van der Waals surface area contributed by atoms with Crippen molar-refractivity contribution >= 4 is 30.0 Å². The monoisotopic (exact) mass is 420 g/mol. The largest absolute Gasteiger partial charge is 0.487 e. The van der Waals surface area contributed by atoms with Crippen LogP contribution in [0.25, 0.3) is 0 Å². The van der Waals surface area contributed by atoms with Gasteiger partial charge in [0.25, 0.3) is 5.91 Å². The molecule has 1 heterocycles. The lowest BCUT2D eigenvalue weighted by molar-refractivity contribution is -0.126. The first-order chi connectivity index (χ1) is 13.6. The highest BCUT2D eigenvalue weighted by Gasteiger charge is 2.30. The Labute approximate surface area is 175 Å². The van der Waals surface area contributed by atoms with Crippen molar-refractivity contribution in [3.63, 3.8) is 0 Å². The molecule has 1 amide bonds. The van der Waals surface area contributed by atoms with E-state index in [1.807, 2.05) is 30.3 Å². The van der Waals surface area contributed by atoms with Crippen LogP contribution in [0.4, 0.5) is 5.69 Å². The normalized spacial score (nSPS) is 17.9. The third-order valence-corrected chi connectivity index (χ3v) is 4.56. The van der Waals surface area contributed by atoms with Gasteiger partial charge >= 0.3 is 5.97 Å². The number of carbonyl (C=O) groups is 2. The molecule has 0 saturated carbocycles. The predicted molar refractivity (Wildman–Crippen MR) is 111 cm³/mol. The molecule has 1 aliphatic heterocycles. The van der Waals surface area contributed by atoms with E-state index >= 15 is 0 Å². The Balaban J connectivity index is 0.00000300. The Bertz CT molecular complexity index is 831. The van der Waals surface area contributed by atoms with Gasteiger partial charge in [-0.15, -0.1) is 12.4 Å². The molecule has 1 saturated heterocycles. The molecule has 1 aliphatic rings. The van der Waals surface area contributed by atoms with Crippen molar-refractivity contribution < 1.29 is 23.8 Å². The summed E-state index contributed by atoms with van der Waals surface area (Å²) in [6, 6.07) is 14.4. The summed E-state index contributed by atoms with van der Waals surface area (Å²) < 4.78 is 16.3. The van der Waals surface area contributed by atoms with E-state index in [1.165, 1.54) is 7.11 Å². The number of carbonyl (C=O) groups excluding carboxylic acids is 2. The van der Waals surface area contributed by atoms with E-state index in [0.29, 0.717) is 36.6 Å². The molecule has 3 rings (SSSR count).